The molecule has 1 saturated heterocycles. The number of aromatic nitrogens is 1. The second-order valence-corrected chi connectivity index (χ2v) is 5.34. The van der Waals surface area contributed by atoms with E-state index in [1.807, 2.05) is 12.1 Å². The highest BCUT2D eigenvalue weighted by Gasteiger charge is 2.25. The van der Waals surface area contributed by atoms with Gasteiger partial charge in [0.1, 0.15) is 12.7 Å². The fourth-order valence-electron chi connectivity index (χ4n) is 2.57. The molecule has 0 radical (unpaired) electrons. The molecule has 0 bridgehead atoms. The molecular weight excluding hydrogens is 228 g/mol. The molecule has 0 aromatic carbocycles. The van der Waals surface area contributed by atoms with Gasteiger partial charge in [0.25, 0.3) is 5.88 Å². The van der Waals surface area contributed by atoms with Crippen molar-refractivity contribution in [2.75, 3.05) is 26.2 Å². The van der Waals surface area contributed by atoms with Crippen LogP contribution in [0.25, 0.3) is 0 Å². The zero-order valence-corrected chi connectivity index (χ0v) is 10.8. The fraction of sp³-hybridized carbons (Fsp3) is 0.643. The lowest BCUT2D eigenvalue weighted by Crippen LogP contribution is -2.44. The van der Waals surface area contributed by atoms with Crippen molar-refractivity contribution in [3.05, 3.63) is 18.3 Å². The van der Waals surface area contributed by atoms with Crippen LogP contribution >= 0.6 is 0 Å². The lowest BCUT2D eigenvalue weighted by Gasteiger charge is -2.34. The third-order valence-electron chi connectivity index (χ3n) is 3.78. The molecule has 0 spiro atoms. The van der Waals surface area contributed by atoms with E-state index in [9.17, 15) is 0 Å². The maximum absolute atomic E-state index is 5.88. The molecule has 1 aromatic heterocycles. The van der Waals surface area contributed by atoms with Gasteiger partial charge in [0, 0.05) is 12.7 Å². The molecule has 1 fully saturated rings. The van der Waals surface area contributed by atoms with E-state index in [0.717, 1.165) is 18.2 Å². The summed E-state index contributed by atoms with van der Waals surface area (Å²) in [6, 6.07) is 3.77. The molecular formula is C14H20N2O2. The van der Waals surface area contributed by atoms with Crippen molar-refractivity contribution in [3.8, 4) is 11.6 Å². The molecule has 2 aliphatic heterocycles. The number of hydrogen-bond acceptors (Lipinski definition) is 4. The normalized spacial score (nSPS) is 25.1. The molecule has 2 aliphatic rings. The Morgan fingerprint density at radius 3 is 3.06 bits per heavy atom. The Labute approximate surface area is 108 Å². The van der Waals surface area contributed by atoms with Crippen molar-refractivity contribution in [1.29, 1.82) is 0 Å². The predicted molar refractivity (Wildman–Crippen MR) is 69.0 cm³/mol. The molecule has 4 heteroatoms. The van der Waals surface area contributed by atoms with Crippen molar-refractivity contribution in [3.63, 3.8) is 0 Å². The van der Waals surface area contributed by atoms with Gasteiger partial charge in [-0.1, -0.05) is 6.92 Å². The quantitative estimate of drug-likeness (QED) is 0.801. The SMILES string of the molecule is CC1CCN(CC2COc3cccnc3O2)CC1. The van der Waals surface area contributed by atoms with Crippen LogP contribution in [0.1, 0.15) is 19.8 Å². The van der Waals surface area contributed by atoms with Crippen LogP contribution in [0, 0.1) is 5.92 Å². The van der Waals surface area contributed by atoms with Gasteiger partial charge in [-0.25, -0.2) is 4.98 Å². The van der Waals surface area contributed by atoms with Gasteiger partial charge in [-0.2, -0.15) is 0 Å². The van der Waals surface area contributed by atoms with Crippen LogP contribution in [-0.4, -0.2) is 42.2 Å². The third-order valence-corrected chi connectivity index (χ3v) is 3.78. The Balaban J connectivity index is 1.56. The van der Waals surface area contributed by atoms with E-state index in [2.05, 4.69) is 16.8 Å². The average molecular weight is 248 g/mol. The molecule has 3 heterocycles. The highest BCUT2D eigenvalue weighted by Crippen LogP contribution is 2.28. The number of likely N-dealkylation sites (tertiary alicyclic amines) is 1. The molecule has 1 unspecified atom stereocenters. The first kappa shape index (κ1) is 11.8. The highest BCUT2D eigenvalue weighted by atomic mass is 16.6. The van der Waals surface area contributed by atoms with Crippen LogP contribution in [0.5, 0.6) is 11.6 Å². The lowest BCUT2D eigenvalue weighted by molar-refractivity contribution is 0.0446. The number of rotatable bonds is 2. The maximum Gasteiger partial charge on any atom is 0.257 e. The smallest absolute Gasteiger partial charge is 0.257 e. The second kappa shape index (κ2) is 5.14. The Kier molecular flexibility index (Phi) is 3.37. The zero-order valence-electron chi connectivity index (χ0n) is 10.8. The van der Waals surface area contributed by atoms with Gasteiger partial charge in [-0.05, 0) is 44.0 Å². The molecule has 0 aliphatic carbocycles. The standard InChI is InChI=1S/C14H20N2O2/c1-11-4-7-16(8-5-11)9-12-10-17-13-3-2-6-15-14(13)18-12/h2-3,6,11-12H,4-5,7-10H2,1H3. The number of hydrogen-bond donors (Lipinski definition) is 0. The number of nitrogens with zero attached hydrogens (tertiary/aromatic N) is 2. The molecule has 98 valence electrons. The molecule has 1 aromatic rings. The van der Waals surface area contributed by atoms with Crippen LogP contribution in [-0.2, 0) is 0 Å². The molecule has 1 atom stereocenters. The summed E-state index contributed by atoms with van der Waals surface area (Å²) in [5.74, 6) is 2.27. The summed E-state index contributed by atoms with van der Waals surface area (Å²) in [5.41, 5.74) is 0. The van der Waals surface area contributed by atoms with E-state index in [1.54, 1.807) is 6.20 Å². The molecule has 4 nitrogen and oxygen atoms in total. The van der Waals surface area contributed by atoms with Gasteiger partial charge in [-0.15, -0.1) is 0 Å². The summed E-state index contributed by atoms with van der Waals surface area (Å²) < 4.78 is 11.6. The molecule has 18 heavy (non-hydrogen) atoms. The Hall–Kier alpha value is -1.29. The Morgan fingerprint density at radius 2 is 2.22 bits per heavy atom. The van der Waals surface area contributed by atoms with Crippen molar-refractivity contribution in [2.45, 2.75) is 25.9 Å². The summed E-state index contributed by atoms with van der Waals surface area (Å²) in [5, 5.41) is 0. The average Bonchev–Trinajstić information content (AvgIpc) is 2.41. The fourth-order valence-corrected chi connectivity index (χ4v) is 2.57. The largest absolute Gasteiger partial charge is 0.484 e. The molecule has 0 N–H and O–H groups in total. The van der Waals surface area contributed by atoms with Gasteiger partial charge >= 0.3 is 0 Å². The summed E-state index contributed by atoms with van der Waals surface area (Å²) in [6.07, 6.45) is 4.44. The summed E-state index contributed by atoms with van der Waals surface area (Å²) in [7, 11) is 0. The Bertz CT molecular complexity index is 403. The summed E-state index contributed by atoms with van der Waals surface area (Å²) >= 11 is 0. The first-order valence-electron chi connectivity index (χ1n) is 6.78. The highest BCUT2D eigenvalue weighted by molar-refractivity contribution is 5.33. The lowest BCUT2D eigenvalue weighted by atomic mass is 9.99. The van der Waals surface area contributed by atoms with Gasteiger partial charge in [0.05, 0.1) is 0 Å². The molecule has 3 rings (SSSR count). The first-order chi connectivity index (χ1) is 8.81. The zero-order chi connectivity index (χ0) is 12.4. The topological polar surface area (TPSA) is 34.6 Å². The van der Waals surface area contributed by atoms with Gasteiger partial charge < -0.3 is 9.47 Å². The number of fused-ring (bicyclic) bond motifs is 1. The van der Waals surface area contributed by atoms with Crippen LogP contribution in [0.3, 0.4) is 0 Å². The second-order valence-electron chi connectivity index (χ2n) is 5.34. The van der Waals surface area contributed by atoms with Crippen LogP contribution in [0.15, 0.2) is 18.3 Å². The molecule has 0 amide bonds. The number of piperidine rings is 1. The van der Waals surface area contributed by atoms with E-state index in [1.165, 1.54) is 25.9 Å². The first-order valence-corrected chi connectivity index (χ1v) is 6.78. The number of pyridine rings is 1. The predicted octanol–water partition coefficient (Wildman–Crippen LogP) is 1.95. The van der Waals surface area contributed by atoms with Crippen molar-refractivity contribution < 1.29 is 9.47 Å². The minimum absolute atomic E-state index is 0.112. The van der Waals surface area contributed by atoms with Crippen LogP contribution < -0.4 is 9.47 Å². The van der Waals surface area contributed by atoms with Crippen molar-refractivity contribution >= 4 is 0 Å². The maximum atomic E-state index is 5.88. The van der Waals surface area contributed by atoms with Gasteiger partial charge in [0.15, 0.2) is 5.75 Å². The minimum Gasteiger partial charge on any atom is -0.484 e. The van der Waals surface area contributed by atoms with Gasteiger partial charge in [0.2, 0.25) is 0 Å². The number of ether oxygens (including phenoxy) is 2. The van der Waals surface area contributed by atoms with E-state index in [0.29, 0.717) is 12.5 Å². The van der Waals surface area contributed by atoms with E-state index >= 15 is 0 Å². The van der Waals surface area contributed by atoms with Gasteiger partial charge in [-0.3, -0.25) is 4.90 Å². The summed E-state index contributed by atoms with van der Waals surface area (Å²) in [4.78, 5) is 6.68. The third kappa shape index (κ3) is 2.58. The van der Waals surface area contributed by atoms with Crippen LogP contribution in [0.2, 0.25) is 0 Å². The monoisotopic (exact) mass is 248 g/mol. The van der Waals surface area contributed by atoms with Crippen LogP contribution in [0.4, 0.5) is 0 Å². The van der Waals surface area contributed by atoms with E-state index in [-0.39, 0.29) is 6.10 Å². The van der Waals surface area contributed by atoms with Crippen molar-refractivity contribution in [2.24, 2.45) is 5.92 Å². The van der Waals surface area contributed by atoms with E-state index < -0.39 is 0 Å². The van der Waals surface area contributed by atoms with Crippen molar-refractivity contribution in [1.82, 2.24) is 9.88 Å². The van der Waals surface area contributed by atoms with E-state index in [4.69, 9.17) is 9.47 Å². The minimum atomic E-state index is 0.112. The molecule has 0 saturated carbocycles. The Morgan fingerprint density at radius 1 is 1.39 bits per heavy atom. The summed E-state index contributed by atoms with van der Waals surface area (Å²) in [6.45, 7) is 6.26.